The van der Waals surface area contributed by atoms with E-state index >= 15 is 0 Å². The Labute approximate surface area is 64.9 Å². The van der Waals surface area contributed by atoms with Crippen molar-refractivity contribution in [2.75, 3.05) is 0 Å². The topological polar surface area (TPSA) is 22.9 Å². The van der Waals surface area contributed by atoms with Crippen LogP contribution in [0.4, 0.5) is 0 Å². The molecule has 0 saturated heterocycles. The van der Waals surface area contributed by atoms with Crippen molar-refractivity contribution in [1.29, 1.82) is 0 Å². The van der Waals surface area contributed by atoms with Gasteiger partial charge in [0.2, 0.25) is 0 Å². The third-order valence-corrected chi connectivity index (χ3v) is 1.79. The molecule has 2 aromatic rings. The van der Waals surface area contributed by atoms with Crippen LogP contribution in [-0.2, 0) is 0 Å². The molecule has 0 fully saturated rings. The van der Waals surface area contributed by atoms with E-state index in [-0.39, 0.29) is 0 Å². The van der Waals surface area contributed by atoms with Gasteiger partial charge in [0.1, 0.15) is 0 Å². The fourth-order valence-electron chi connectivity index (χ4n) is 1.23. The monoisotopic (exact) mass is 145 g/mol. The molecule has 0 saturated carbocycles. The lowest BCUT2D eigenvalue weighted by Gasteiger charge is -1.94. The van der Waals surface area contributed by atoms with Crippen LogP contribution in [0, 0.1) is 0 Å². The molecule has 1 nitrogen and oxygen atoms in total. The van der Waals surface area contributed by atoms with Crippen molar-refractivity contribution in [3.05, 3.63) is 42.5 Å². The molecular weight excluding hydrogens is 136 g/mol. The van der Waals surface area contributed by atoms with E-state index in [1.54, 1.807) is 0 Å². The SMILES string of the molecule is [OH2+]c1cccc2ccccc12. The van der Waals surface area contributed by atoms with Crippen LogP contribution in [0.5, 0.6) is 5.75 Å². The quantitative estimate of drug-likeness (QED) is 0.507. The van der Waals surface area contributed by atoms with Crippen LogP contribution in [0.15, 0.2) is 42.5 Å². The van der Waals surface area contributed by atoms with Gasteiger partial charge in [-0.3, -0.25) is 0 Å². The van der Waals surface area contributed by atoms with Gasteiger partial charge in [-0.2, -0.15) is 0 Å². The summed E-state index contributed by atoms with van der Waals surface area (Å²) in [7, 11) is 0. The second-order valence-corrected chi connectivity index (χ2v) is 2.53. The predicted molar refractivity (Wildman–Crippen MR) is 47.0 cm³/mol. The highest BCUT2D eigenvalue weighted by molar-refractivity contribution is 5.87. The van der Waals surface area contributed by atoms with Gasteiger partial charge < -0.3 is 5.11 Å². The van der Waals surface area contributed by atoms with Crippen molar-refractivity contribution in [3.63, 3.8) is 0 Å². The average molecular weight is 145 g/mol. The van der Waals surface area contributed by atoms with E-state index in [1.807, 2.05) is 42.5 Å². The molecule has 0 aromatic heterocycles. The van der Waals surface area contributed by atoms with Crippen LogP contribution in [0.1, 0.15) is 0 Å². The van der Waals surface area contributed by atoms with Crippen molar-refractivity contribution >= 4 is 10.8 Å². The van der Waals surface area contributed by atoms with Gasteiger partial charge >= 0.3 is 0 Å². The van der Waals surface area contributed by atoms with Gasteiger partial charge in [0, 0.05) is 6.07 Å². The van der Waals surface area contributed by atoms with Crippen LogP contribution < -0.4 is 0 Å². The van der Waals surface area contributed by atoms with Gasteiger partial charge in [-0.25, -0.2) is 0 Å². The summed E-state index contributed by atoms with van der Waals surface area (Å²) in [6, 6.07) is 13.7. The first-order valence-electron chi connectivity index (χ1n) is 3.57. The van der Waals surface area contributed by atoms with E-state index in [9.17, 15) is 0 Å². The van der Waals surface area contributed by atoms with Crippen molar-refractivity contribution < 1.29 is 5.11 Å². The maximum Gasteiger partial charge on any atom is 0.261 e. The fourth-order valence-corrected chi connectivity index (χ4v) is 1.23. The van der Waals surface area contributed by atoms with Gasteiger partial charge in [0.25, 0.3) is 5.75 Å². The van der Waals surface area contributed by atoms with E-state index < -0.39 is 0 Å². The lowest BCUT2D eigenvalue weighted by Crippen LogP contribution is -1.70. The van der Waals surface area contributed by atoms with E-state index in [0.29, 0.717) is 5.75 Å². The Balaban J connectivity index is 2.91. The van der Waals surface area contributed by atoms with Gasteiger partial charge in [-0.05, 0) is 11.5 Å². The Kier molecular flexibility index (Phi) is 1.29. The smallest absolute Gasteiger partial charge is 0.261 e. The molecule has 0 amide bonds. The molecular formula is C10H9O+. The summed E-state index contributed by atoms with van der Waals surface area (Å²) in [6.45, 7) is 0. The second-order valence-electron chi connectivity index (χ2n) is 2.53. The molecule has 1 heteroatoms. The average Bonchev–Trinajstić information content (AvgIpc) is 2.06. The Bertz CT molecular complexity index is 374. The number of rotatable bonds is 0. The van der Waals surface area contributed by atoms with Crippen LogP contribution in [0.2, 0.25) is 0 Å². The first kappa shape index (κ1) is 6.23. The molecule has 0 aliphatic heterocycles. The highest BCUT2D eigenvalue weighted by atomic mass is 16.3. The minimum absolute atomic E-state index is 0.600. The lowest BCUT2D eigenvalue weighted by atomic mass is 10.1. The van der Waals surface area contributed by atoms with E-state index in [0.717, 1.165) is 10.8 Å². The molecule has 2 rings (SSSR count). The fraction of sp³-hybridized carbons (Fsp3) is 0. The minimum atomic E-state index is 0.600. The second kappa shape index (κ2) is 2.27. The predicted octanol–water partition coefficient (Wildman–Crippen LogP) is 2.28. The minimum Gasteiger partial charge on any atom is -0.593 e. The molecule has 0 spiro atoms. The summed E-state index contributed by atoms with van der Waals surface area (Å²) in [5.74, 6) is 0.600. The highest BCUT2D eigenvalue weighted by Gasteiger charge is 1.98. The number of hydrogen-bond acceptors (Lipinski definition) is 0. The van der Waals surface area contributed by atoms with Crippen LogP contribution in [0.3, 0.4) is 0 Å². The van der Waals surface area contributed by atoms with E-state index in [2.05, 4.69) is 0 Å². The summed E-state index contributed by atoms with van der Waals surface area (Å²) >= 11 is 0. The molecule has 0 heterocycles. The molecule has 0 aliphatic carbocycles. The third-order valence-electron chi connectivity index (χ3n) is 1.79. The van der Waals surface area contributed by atoms with Crippen LogP contribution >= 0.6 is 0 Å². The Morgan fingerprint density at radius 1 is 0.818 bits per heavy atom. The lowest BCUT2D eigenvalue weighted by molar-refractivity contribution is 0.481. The summed E-state index contributed by atoms with van der Waals surface area (Å²) in [5.41, 5.74) is 0. The Hall–Kier alpha value is -1.50. The number of fused-ring (bicyclic) bond motifs is 1. The number of hydrogen-bond donors (Lipinski definition) is 0. The molecule has 2 aromatic carbocycles. The molecule has 11 heavy (non-hydrogen) atoms. The normalized spacial score (nSPS) is 10.2. The Morgan fingerprint density at radius 2 is 1.55 bits per heavy atom. The summed E-state index contributed by atoms with van der Waals surface area (Å²) in [5, 5.41) is 9.73. The molecule has 0 unspecified atom stereocenters. The van der Waals surface area contributed by atoms with Gasteiger partial charge in [0.15, 0.2) is 0 Å². The summed E-state index contributed by atoms with van der Waals surface area (Å²) in [6.07, 6.45) is 0. The zero-order chi connectivity index (χ0) is 7.68. The zero-order valence-electron chi connectivity index (χ0n) is 6.04. The molecule has 0 atom stereocenters. The maximum absolute atomic E-state index is 7.56. The molecule has 0 bridgehead atoms. The van der Waals surface area contributed by atoms with Crippen LogP contribution in [-0.4, -0.2) is 5.11 Å². The zero-order valence-corrected chi connectivity index (χ0v) is 6.04. The molecule has 54 valence electrons. The standard InChI is InChI=1S/C10H8O/c11-10-7-3-5-8-4-1-2-6-9(8)10/h1-7,11H/p+1. The maximum atomic E-state index is 7.56. The molecule has 0 aliphatic rings. The summed E-state index contributed by atoms with van der Waals surface area (Å²) in [4.78, 5) is 0. The van der Waals surface area contributed by atoms with E-state index in [4.69, 9.17) is 5.11 Å². The van der Waals surface area contributed by atoms with Crippen molar-refractivity contribution in [1.82, 2.24) is 0 Å². The van der Waals surface area contributed by atoms with Gasteiger partial charge in [-0.1, -0.05) is 30.3 Å². The van der Waals surface area contributed by atoms with Gasteiger partial charge in [0.05, 0.1) is 5.39 Å². The van der Waals surface area contributed by atoms with E-state index in [1.165, 1.54) is 0 Å². The van der Waals surface area contributed by atoms with Crippen LogP contribution in [0.25, 0.3) is 10.8 Å². The van der Waals surface area contributed by atoms with Crippen molar-refractivity contribution in [3.8, 4) is 5.75 Å². The largest absolute Gasteiger partial charge is 0.593 e. The third kappa shape index (κ3) is 0.944. The van der Waals surface area contributed by atoms with Crippen molar-refractivity contribution in [2.45, 2.75) is 0 Å². The number of benzene rings is 2. The van der Waals surface area contributed by atoms with Crippen molar-refractivity contribution in [2.24, 2.45) is 0 Å². The first-order chi connectivity index (χ1) is 5.38. The molecule has 0 radical (unpaired) electrons. The highest BCUT2D eigenvalue weighted by Crippen LogP contribution is 2.22. The summed E-state index contributed by atoms with van der Waals surface area (Å²) < 4.78 is 0. The first-order valence-corrected chi connectivity index (χ1v) is 3.57. The van der Waals surface area contributed by atoms with Gasteiger partial charge in [-0.15, -0.1) is 0 Å². The Morgan fingerprint density at radius 3 is 2.36 bits per heavy atom. The molecule has 2 N–H and O–H groups in total.